The standard InChI is InChI=1S/C27H28N2O2S/c1-27(2,17-20-9-5-3-6-10-20)28-25(31)22-13-15-23(16-14-22)26-29(24(30)19-32-26)18-21-11-7-4-8-12-21/h3-16,26H,17-19H2,1-2H3,(H,28,31). The van der Waals surface area contributed by atoms with E-state index in [4.69, 9.17) is 0 Å². The molecule has 32 heavy (non-hydrogen) atoms. The number of hydrogen-bond donors (Lipinski definition) is 1. The molecule has 1 N–H and O–H groups in total. The summed E-state index contributed by atoms with van der Waals surface area (Å²) in [6.07, 6.45) is 0.757. The zero-order chi connectivity index (χ0) is 22.6. The Balaban J connectivity index is 1.43. The predicted octanol–water partition coefficient (Wildman–Crippen LogP) is 5.21. The molecule has 5 heteroatoms. The zero-order valence-electron chi connectivity index (χ0n) is 18.5. The molecule has 0 saturated carbocycles. The molecule has 1 atom stereocenters. The van der Waals surface area contributed by atoms with Crippen molar-refractivity contribution in [1.29, 1.82) is 0 Å². The predicted molar refractivity (Wildman–Crippen MR) is 130 cm³/mol. The van der Waals surface area contributed by atoms with E-state index in [0.29, 0.717) is 17.9 Å². The first-order valence-corrected chi connectivity index (χ1v) is 11.9. The number of benzene rings is 3. The van der Waals surface area contributed by atoms with Crippen LogP contribution in [0.4, 0.5) is 0 Å². The maximum atomic E-state index is 12.9. The Labute approximate surface area is 194 Å². The molecule has 3 aromatic carbocycles. The molecule has 3 aromatic rings. The Kier molecular flexibility index (Phi) is 6.66. The Morgan fingerprint density at radius 1 is 0.938 bits per heavy atom. The van der Waals surface area contributed by atoms with E-state index >= 15 is 0 Å². The highest BCUT2D eigenvalue weighted by Crippen LogP contribution is 2.39. The first kappa shape index (κ1) is 22.2. The van der Waals surface area contributed by atoms with E-state index in [1.54, 1.807) is 11.8 Å². The molecule has 1 saturated heterocycles. The highest BCUT2D eigenvalue weighted by Gasteiger charge is 2.33. The third-order valence-corrected chi connectivity index (χ3v) is 6.82. The molecule has 1 unspecified atom stereocenters. The second kappa shape index (κ2) is 9.61. The van der Waals surface area contributed by atoms with E-state index in [2.05, 4.69) is 17.4 Å². The van der Waals surface area contributed by atoms with Crippen molar-refractivity contribution < 1.29 is 9.59 Å². The van der Waals surface area contributed by atoms with Gasteiger partial charge in [-0.25, -0.2) is 0 Å². The first-order valence-electron chi connectivity index (χ1n) is 10.8. The average molecular weight is 445 g/mol. The van der Waals surface area contributed by atoms with Crippen LogP contribution in [0.25, 0.3) is 0 Å². The summed E-state index contributed by atoms with van der Waals surface area (Å²) < 4.78 is 0. The van der Waals surface area contributed by atoms with Gasteiger partial charge in [0.25, 0.3) is 5.91 Å². The van der Waals surface area contributed by atoms with Gasteiger partial charge in [0.15, 0.2) is 0 Å². The minimum Gasteiger partial charge on any atom is -0.347 e. The second-order valence-electron chi connectivity index (χ2n) is 8.79. The van der Waals surface area contributed by atoms with Gasteiger partial charge in [0.1, 0.15) is 5.37 Å². The van der Waals surface area contributed by atoms with E-state index in [1.807, 2.05) is 91.5 Å². The van der Waals surface area contributed by atoms with Crippen LogP contribution in [-0.4, -0.2) is 28.0 Å². The Morgan fingerprint density at radius 3 is 2.16 bits per heavy atom. The first-order chi connectivity index (χ1) is 15.4. The van der Waals surface area contributed by atoms with Gasteiger partial charge in [-0.2, -0.15) is 0 Å². The topological polar surface area (TPSA) is 49.4 Å². The molecule has 1 heterocycles. The van der Waals surface area contributed by atoms with Crippen LogP contribution in [0, 0.1) is 0 Å². The van der Waals surface area contributed by atoms with Gasteiger partial charge in [0, 0.05) is 17.6 Å². The lowest BCUT2D eigenvalue weighted by Crippen LogP contribution is -2.45. The lowest BCUT2D eigenvalue weighted by molar-refractivity contribution is -0.128. The third-order valence-electron chi connectivity index (χ3n) is 5.56. The van der Waals surface area contributed by atoms with Crippen LogP contribution in [0.3, 0.4) is 0 Å². The van der Waals surface area contributed by atoms with Crippen LogP contribution in [-0.2, 0) is 17.8 Å². The van der Waals surface area contributed by atoms with Crippen molar-refractivity contribution in [2.24, 2.45) is 0 Å². The summed E-state index contributed by atoms with van der Waals surface area (Å²) >= 11 is 1.63. The minimum absolute atomic E-state index is 0.0330. The van der Waals surface area contributed by atoms with Crippen molar-refractivity contribution in [1.82, 2.24) is 10.2 Å². The molecule has 2 amide bonds. The summed E-state index contributed by atoms with van der Waals surface area (Å²) in [6, 6.07) is 27.8. The van der Waals surface area contributed by atoms with Crippen molar-refractivity contribution in [3.05, 3.63) is 107 Å². The average Bonchev–Trinajstić information content (AvgIpc) is 3.14. The molecule has 0 bridgehead atoms. The number of carbonyl (C=O) groups excluding carboxylic acids is 2. The monoisotopic (exact) mass is 444 g/mol. The number of nitrogens with one attached hydrogen (secondary N) is 1. The molecule has 1 aliphatic rings. The fourth-order valence-corrected chi connectivity index (χ4v) is 5.20. The Hall–Kier alpha value is -3.05. The number of nitrogens with zero attached hydrogens (tertiary/aromatic N) is 1. The van der Waals surface area contributed by atoms with Gasteiger partial charge >= 0.3 is 0 Å². The van der Waals surface area contributed by atoms with E-state index < -0.39 is 0 Å². The van der Waals surface area contributed by atoms with Crippen molar-refractivity contribution in [2.45, 2.75) is 37.7 Å². The molecule has 0 spiro atoms. The van der Waals surface area contributed by atoms with E-state index in [-0.39, 0.29) is 22.7 Å². The van der Waals surface area contributed by atoms with Gasteiger partial charge in [-0.3, -0.25) is 9.59 Å². The lowest BCUT2D eigenvalue weighted by Gasteiger charge is -2.27. The quantitative estimate of drug-likeness (QED) is 0.544. The fourth-order valence-electron chi connectivity index (χ4n) is 4.01. The number of rotatable bonds is 7. The molecule has 164 valence electrons. The molecule has 1 fully saturated rings. The van der Waals surface area contributed by atoms with Gasteiger partial charge in [-0.05, 0) is 49.1 Å². The van der Waals surface area contributed by atoms with Crippen LogP contribution >= 0.6 is 11.8 Å². The van der Waals surface area contributed by atoms with Crippen molar-refractivity contribution >= 4 is 23.6 Å². The van der Waals surface area contributed by atoms with Crippen LogP contribution in [0.1, 0.15) is 46.3 Å². The molecule has 4 nitrogen and oxygen atoms in total. The Bertz CT molecular complexity index is 1070. The molecular formula is C27H28N2O2S. The largest absolute Gasteiger partial charge is 0.347 e. The van der Waals surface area contributed by atoms with Gasteiger partial charge in [-0.15, -0.1) is 11.8 Å². The smallest absolute Gasteiger partial charge is 0.251 e. The zero-order valence-corrected chi connectivity index (χ0v) is 19.3. The van der Waals surface area contributed by atoms with Crippen molar-refractivity contribution in [3.63, 3.8) is 0 Å². The number of amides is 2. The van der Waals surface area contributed by atoms with Gasteiger partial charge in [0.05, 0.1) is 5.75 Å². The SMILES string of the molecule is CC(C)(Cc1ccccc1)NC(=O)c1ccc(C2SCC(=O)N2Cc2ccccc2)cc1. The number of hydrogen-bond acceptors (Lipinski definition) is 3. The molecule has 4 rings (SSSR count). The summed E-state index contributed by atoms with van der Waals surface area (Å²) in [5.74, 6) is 0.537. The van der Waals surface area contributed by atoms with E-state index in [9.17, 15) is 9.59 Å². The second-order valence-corrected chi connectivity index (χ2v) is 9.86. The maximum absolute atomic E-state index is 12.9. The van der Waals surface area contributed by atoms with Crippen LogP contribution in [0.5, 0.6) is 0 Å². The van der Waals surface area contributed by atoms with Gasteiger partial charge < -0.3 is 10.2 Å². The highest BCUT2D eigenvalue weighted by atomic mass is 32.2. The van der Waals surface area contributed by atoms with Crippen LogP contribution < -0.4 is 5.32 Å². The fraction of sp³-hybridized carbons (Fsp3) is 0.259. The van der Waals surface area contributed by atoms with Crippen molar-refractivity contribution in [2.75, 3.05) is 5.75 Å². The summed E-state index contributed by atoms with van der Waals surface area (Å²) in [4.78, 5) is 27.3. The molecular weight excluding hydrogens is 416 g/mol. The van der Waals surface area contributed by atoms with Gasteiger partial charge in [0.2, 0.25) is 5.91 Å². The summed E-state index contributed by atoms with van der Waals surface area (Å²) in [7, 11) is 0. The minimum atomic E-state index is -0.364. The maximum Gasteiger partial charge on any atom is 0.251 e. The van der Waals surface area contributed by atoms with Crippen molar-refractivity contribution in [3.8, 4) is 0 Å². The Morgan fingerprint density at radius 2 is 1.53 bits per heavy atom. The summed E-state index contributed by atoms with van der Waals surface area (Å²) in [5.41, 5.74) is 3.60. The van der Waals surface area contributed by atoms with Crippen LogP contribution in [0.2, 0.25) is 0 Å². The number of thioether (sulfide) groups is 1. The highest BCUT2D eigenvalue weighted by molar-refractivity contribution is 8.00. The molecule has 0 aliphatic carbocycles. The third kappa shape index (κ3) is 5.40. The van der Waals surface area contributed by atoms with E-state index in [1.165, 1.54) is 5.56 Å². The molecule has 0 aromatic heterocycles. The molecule has 1 aliphatic heterocycles. The van der Waals surface area contributed by atoms with Gasteiger partial charge in [-0.1, -0.05) is 72.8 Å². The molecule has 0 radical (unpaired) electrons. The lowest BCUT2D eigenvalue weighted by atomic mass is 9.94. The normalized spacial score (nSPS) is 16.2. The van der Waals surface area contributed by atoms with E-state index in [0.717, 1.165) is 17.5 Å². The summed E-state index contributed by atoms with van der Waals surface area (Å²) in [5, 5.41) is 3.12. The summed E-state index contributed by atoms with van der Waals surface area (Å²) in [6.45, 7) is 4.66. The number of carbonyl (C=O) groups is 2. The van der Waals surface area contributed by atoms with Crippen LogP contribution in [0.15, 0.2) is 84.9 Å².